The number of hydrogen-bond donors (Lipinski definition) is 1. The summed E-state index contributed by atoms with van der Waals surface area (Å²) >= 11 is 0. The van der Waals surface area contributed by atoms with Gasteiger partial charge in [0.25, 0.3) is 0 Å². The Bertz CT molecular complexity index is 248. The van der Waals surface area contributed by atoms with E-state index in [2.05, 4.69) is 29.4 Å². The van der Waals surface area contributed by atoms with Crippen molar-refractivity contribution in [3.8, 4) is 0 Å². The van der Waals surface area contributed by atoms with E-state index < -0.39 is 0 Å². The molecule has 1 atom stereocenters. The summed E-state index contributed by atoms with van der Waals surface area (Å²) in [6.45, 7) is 5.37. The van der Waals surface area contributed by atoms with Crippen molar-refractivity contribution in [2.75, 3.05) is 6.54 Å². The molecule has 0 radical (unpaired) electrons. The minimum Gasteiger partial charge on any atom is -0.310 e. The number of rotatable bonds is 7. The molecule has 0 spiro atoms. The van der Waals surface area contributed by atoms with Crippen LogP contribution in [0.25, 0.3) is 0 Å². The molecule has 1 N–H and O–H groups in total. The van der Waals surface area contributed by atoms with Crippen molar-refractivity contribution in [2.24, 2.45) is 0 Å². The van der Waals surface area contributed by atoms with E-state index in [1.54, 1.807) is 6.20 Å². The minimum atomic E-state index is 0.442. The summed E-state index contributed by atoms with van der Waals surface area (Å²) in [6, 6.07) is 2.49. The summed E-state index contributed by atoms with van der Waals surface area (Å²) in [7, 11) is 0. The lowest BCUT2D eigenvalue weighted by Crippen LogP contribution is -2.21. The second kappa shape index (κ2) is 7.35. The van der Waals surface area contributed by atoms with Gasteiger partial charge in [-0.05, 0) is 24.6 Å². The molecule has 0 saturated carbocycles. The van der Waals surface area contributed by atoms with Gasteiger partial charge in [0.15, 0.2) is 0 Å². The predicted molar refractivity (Wildman–Crippen MR) is 62.6 cm³/mol. The van der Waals surface area contributed by atoms with Gasteiger partial charge in [0, 0.05) is 12.2 Å². The van der Waals surface area contributed by atoms with Crippen LogP contribution in [-0.2, 0) is 0 Å². The van der Waals surface area contributed by atoms with E-state index >= 15 is 0 Å². The largest absolute Gasteiger partial charge is 0.310 e. The second-order valence-electron chi connectivity index (χ2n) is 3.78. The number of aromatic nitrogens is 2. The third kappa shape index (κ3) is 4.38. The molecule has 0 aromatic carbocycles. The maximum atomic E-state index is 3.93. The molecular formula is C12H21N3. The number of hydrogen-bond acceptors (Lipinski definition) is 3. The van der Waals surface area contributed by atoms with E-state index in [1.807, 2.05) is 12.3 Å². The number of nitrogens with zero attached hydrogens (tertiary/aromatic N) is 2. The fourth-order valence-corrected chi connectivity index (χ4v) is 1.74. The lowest BCUT2D eigenvalue weighted by Gasteiger charge is -2.17. The summed E-state index contributed by atoms with van der Waals surface area (Å²) in [6.07, 6.45) is 8.66. The first-order valence-corrected chi connectivity index (χ1v) is 5.88. The quantitative estimate of drug-likeness (QED) is 0.699. The van der Waals surface area contributed by atoms with Gasteiger partial charge in [-0.15, -0.1) is 0 Å². The standard InChI is InChI=1S/C12H21N3/c1-3-5-6-7-12(13-4-2)11-8-9-14-15-10-11/h8-10,12-13H,3-7H2,1-2H3. The Hall–Kier alpha value is -0.960. The molecule has 1 rings (SSSR count). The molecule has 0 aliphatic carbocycles. The topological polar surface area (TPSA) is 37.8 Å². The highest BCUT2D eigenvalue weighted by Crippen LogP contribution is 2.18. The van der Waals surface area contributed by atoms with E-state index in [9.17, 15) is 0 Å². The summed E-state index contributed by atoms with van der Waals surface area (Å²) in [5, 5.41) is 11.2. The lowest BCUT2D eigenvalue weighted by atomic mass is 10.0. The van der Waals surface area contributed by atoms with Gasteiger partial charge < -0.3 is 5.32 Å². The van der Waals surface area contributed by atoms with Crippen molar-refractivity contribution in [2.45, 2.75) is 45.6 Å². The second-order valence-corrected chi connectivity index (χ2v) is 3.78. The SMILES string of the molecule is CCCCCC(NCC)c1ccnnc1. The highest BCUT2D eigenvalue weighted by Gasteiger charge is 2.09. The van der Waals surface area contributed by atoms with Gasteiger partial charge in [-0.25, -0.2) is 0 Å². The average Bonchev–Trinajstić information content (AvgIpc) is 2.29. The predicted octanol–water partition coefficient (Wildman–Crippen LogP) is 2.71. The first kappa shape index (κ1) is 12.1. The molecule has 1 aromatic heterocycles. The van der Waals surface area contributed by atoms with Crippen LogP contribution in [-0.4, -0.2) is 16.7 Å². The zero-order valence-electron chi connectivity index (χ0n) is 9.74. The fourth-order valence-electron chi connectivity index (χ4n) is 1.74. The Kier molecular flexibility index (Phi) is 5.93. The molecule has 0 bridgehead atoms. The van der Waals surface area contributed by atoms with Crippen molar-refractivity contribution in [1.82, 2.24) is 15.5 Å². The van der Waals surface area contributed by atoms with Crippen LogP contribution < -0.4 is 5.32 Å². The van der Waals surface area contributed by atoms with Crippen LogP contribution in [0.4, 0.5) is 0 Å². The third-order valence-corrected chi connectivity index (χ3v) is 2.56. The molecule has 0 amide bonds. The fraction of sp³-hybridized carbons (Fsp3) is 0.667. The van der Waals surface area contributed by atoms with Crippen molar-refractivity contribution >= 4 is 0 Å². The van der Waals surface area contributed by atoms with Crippen molar-refractivity contribution in [3.63, 3.8) is 0 Å². The molecule has 84 valence electrons. The molecule has 0 aliphatic rings. The normalized spacial score (nSPS) is 12.7. The van der Waals surface area contributed by atoms with E-state index in [4.69, 9.17) is 0 Å². The monoisotopic (exact) mass is 207 g/mol. The van der Waals surface area contributed by atoms with Crippen molar-refractivity contribution in [3.05, 3.63) is 24.0 Å². The molecule has 1 aromatic rings. The Morgan fingerprint density at radius 2 is 2.13 bits per heavy atom. The van der Waals surface area contributed by atoms with Crippen LogP contribution in [0, 0.1) is 0 Å². The van der Waals surface area contributed by atoms with Gasteiger partial charge in [0.05, 0.1) is 6.20 Å². The van der Waals surface area contributed by atoms with Crippen LogP contribution in [0.1, 0.15) is 51.1 Å². The molecule has 0 aliphatic heterocycles. The molecule has 3 heteroatoms. The first-order chi connectivity index (χ1) is 7.38. The van der Waals surface area contributed by atoms with Crippen LogP contribution in [0.15, 0.2) is 18.5 Å². The van der Waals surface area contributed by atoms with Crippen LogP contribution in [0.2, 0.25) is 0 Å². The van der Waals surface area contributed by atoms with Crippen LogP contribution >= 0.6 is 0 Å². The lowest BCUT2D eigenvalue weighted by molar-refractivity contribution is 0.484. The van der Waals surface area contributed by atoms with E-state index in [0.717, 1.165) is 6.54 Å². The van der Waals surface area contributed by atoms with Gasteiger partial charge in [0.2, 0.25) is 0 Å². The zero-order valence-corrected chi connectivity index (χ0v) is 9.74. The van der Waals surface area contributed by atoms with Crippen LogP contribution in [0.3, 0.4) is 0 Å². The molecule has 3 nitrogen and oxygen atoms in total. The Morgan fingerprint density at radius 1 is 1.27 bits per heavy atom. The van der Waals surface area contributed by atoms with Gasteiger partial charge in [0.1, 0.15) is 0 Å². The highest BCUT2D eigenvalue weighted by molar-refractivity contribution is 5.11. The van der Waals surface area contributed by atoms with Crippen molar-refractivity contribution in [1.29, 1.82) is 0 Å². The summed E-state index contributed by atoms with van der Waals surface area (Å²) in [5.41, 5.74) is 1.25. The highest BCUT2D eigenvalue weighted by atomic mass is 15.1. The number of nitrogens with one attached hydrogen (secondary N) is 1. The third-order valence-electron chi connectivity index (χ3n) is 2.56. The maximum absolute atomic E-state index is 3.93. The molecule has 0 fully saturated rings. The Balaban J connectivity index is 2.50. The Labute approximate surface area is 92.3 Å². The van der Waals surface area contributed by atoms with Crippen molar-refractivity contribution < 1.29 is 0 Å². The van der Waals surface area contributed by atoms with E-state index in [1.165, 1.54) is 31.2 Å². The zero-order chi connectivity index (χ0) is 10.9. The first-order valence-electron chi connectivity index (χ1n) is 5.88. The Morgan fingerprint density at radius 3 is 2.73 bits per heavy atom. The summed E-state index contributed by atoms with van der Waals surface area (Å²) in [5.74, 6) is 0. The maximum Gasteiger partial charge on any atom is 0.0544 e. The van der Waals surface area contributed by atoms with Crippen LogP contribution in [0.5, 0.6) is 0 Å². The average molecular weight is 207 g/mol. The van der Waals surface area contributed by atoms with E-state index in [0.29, 0.717) is 6.04 Å². The number of unbranched alkanes of at least 4 members (excludes halogenated alkanes) is 2. The molecule has 15 heavy (non-hydrogen) atoms. The smallest absolute Gasteiger partial charge is 0.0544 e. The van der Waals surface area contributed by atoms with Gasteiger partial charge >= 0.3 is 0 Å². The molecule has 1 unspecified atom stereocenters. The summed E-state index contributed by atoms with van der Waals surface area (Å²) < 4.78 is 0. The van der Waals surface area contributed by atoms with Gasteiger partial charge in [-0.2, -0.15) is 10.2 Å². The minimum absolute atomic E-state index is 0.442. The molecule has 1 heterocycles. The summed E-state index contributed by atoms with van der Waals surface area (Å²) in [4.78, 5) is 0. The van der Waals surface area contributed by atoms with Gasteiger partial charge in [-0.1, -0.05) is 33.1 Å². The van der Waals surface area contributed by atoms with Gasteiger partial charge in [-0.3, -0.25) is 0 Å². The molecule has 0 saturated heterocycles. The molecular weight excluding hydrogens is 186 g/mol. The van der Waals surface area contributed by atoms with E-state index in [-0.39, 0.29) is 0 Å².